The molecule has 0 aliphatic heterocycles. The molecule has 1 aromatic rings. The molecule has 0 saturated carbocycles. The quantitative estimate of drug-likeness (QED) is 0.782. The fourth-order valence-electron chi connectivity index (χ4n) is 1.12. The van der Waals surface area contributed by atoms with Crippen molar-refractivity contribution in [2.24, 2.45) is 5.73 Å². The summed E-state index contributed by atoms with van der Waals surface area (Å²) in [6, 6.07) is 4.39. The second kappa shape index (κ2) is 7.24. The monoisotopic (exact) mass is 304 g/mol. The van der Waals surface area contributed by atoms with Crippen LogP contribution in [0.5, 0.6) is 5.75 Å². The van der Waals surface area contributed by atoms with E-state index < -0.39 is 5.82 Å². The predicted molar refractivity (Wildman–Crippen MR) is 66.3 cm³/mol. The van der Waals surface area contributed by atoms with Crippen molar-refractivity contribution in [2.45, 2.75) is 6.42 Å². The van der Waals surface area contributed by atoms with Crippen molar-refractivity contribution >= 4 is 21.8 Å². The van der Waals surface area contributed by atoms with Crippen LogP contribution in [-0.4, -0.2) is 25.6 Å². The van der Waals surface area contributed by atoms with Crippen LogP contribution >= 0.6 is 15.9 Å². The van der Waals surface area contributed by atoms with Crippen LogP contribution in [0.25, 0.3) is 0 Å². The third-order valence-corrected chi connectivity index (χ3v) is 2.45. The number of ether oxygens (including phenoxy) is 1. The van der Waals surface area contributed by atoms with Crippen LogP contribution < -0.4 is 15.8 Å². The van der Waals surface area contributed by atoms with Crippen LogP contribution in [0.15, 0.2) is 22.7 Å². The number of hydrogen-bond donors (Lipinski definition) is 2. The molecule has 0 atom stereocenters. The lowest BCUT2D eigenvalue weighted by molar-refractivity contribution is -0.123. The fourth-order valence-corrected chi connectivity index (χ4v) is 1.45. The van der Waals surface area contributed by atoms with E-state index in [1.165, 1.54) is 12.1 Å². The Hall–Kier alpha value is -1.14. The normalized spacial score (nSPS) is 10.1. The lowest BCUT2D eigenvalue weighted by Crippen LogP contribution is -2.30. The van der Waals surface area contributed by atoms with Crippen molar-refractivity contribution in [3.63, 3.8) is 0 Å². The van der Waals surface area contributed by atoms with E-state index in [0.717, 1.165) is 0 Å². The first kappa shape index (κ1) is 13.9. The molecule has 3 N–H and O–H groups in total. The number of halogens is 2. The second-order valence-electron chi connectivity index (χ2n) is 3.36. The van der Waals surface area contributed by atoms with E-state index in [4.69, 9.17) is 10.5 Å². The van der Waals surface area contributed by atoms with E-state index in [1.807, 2.05) is 0 Å². The van der Waals surface area contributed by atoms with E-state index >= 15 is 0 Å². The van der Waals surface area contributed by atoms with Gasteiger partial charge < -0.3 is 15.8 Å². The standard InChI is InChI=1S/C11H14BrFN2O2/c12-8-2-3-10(9(13)6-8)17-7-11(16)15-5-1-4-14/h2-3,6H,1,4-5,7,14H2,(H,15,16). The first-order valence-electron chi connectivity index (χ1n) is 5.18. The van der Waals surface area contributed by atoms with Crippen molar-refractivity contribution in [1.29, 1.82) is 0 Å². The van der Waals surface area contributed by atoms with E-state index in [-0.39, 0.29) is 18.3 Å². The summed E-state index contributed by atoms with van der Waals surface area (Å²) in [4.78, 5) is 11.3. The van der Waals surface area contributed by atoms with Gasteiger partial charge in [-0.05, 0) is 31.2 Å². The number of carbonyl (C=O) groups is 1. The predicted octanol–water partition coefficient (Wildman–Crippen LogP) is 1.43. The highest BCUT2D eigenvalue weighted by atomic mass is 79.9. The molecule has 0 fully saturated rings. The first-order chi connectivity index (χ1) is 8.13. The van der Waals surface area contributed by atoms with Gasteiger partial charge in [-0.3, -0.25) is 4.79 Å². The summed E-state index contributed by atoms with van der Waals surface area (Å²) in [5, 5.41) is 2.61. The number of nitrogens with two attached hydrogens (primary N) is 1. The number of carbonyl (C=O) groups excluding carboxylic acids is 1. The Bertz CT molecular complexity index is 388. The molecule has 1 rings (SSSR count). The zero-order chi connectivity index (χ0) is 12.7. The van der Waals surface area contributed by atoms with Crippen molar-refractivity contribution in [2.75, 3.05) is 19.7 Å². The highest BCUT2D eigenvalue weighted by Crippen LogP contribution is 2.21. The van der Waals surface area contributed by atoms with Gasteiger partial charge >= 0.3 is 0 Å². The molecule has 6 heteroatoms. The van der Waals surface area contributed by atoms with E-state index in [2.05, 4.69) is 21.2 Å². The van der Waals surface area contributed by atoms with Gasteiger partial charge in [0.05, 0.1) is 0 Å². The molecule has 0 heterocycles. The fraction of sp³-hybridized carbons (Fsp3) is 0.364. The van der Waals surface area contributed by atoms with Crippen LogP contribution in [0, 0.1) is 5.82 Å². The molecule has 0 unspecified atom stereocenters. The number of hydrogen-bond acceptors (Lipinski definition) is 3. The van der Waals surface area contributed by atoms with Gasteiger partial charge in [0, 0.05) is 11.0 Å². The summed E-state index contributed by atoms with van der Waals surface area (Å²) in [6.45, 7) is 0.813. The minimum Gasteiger partial charge on any atom is -0.481 e. The molecule has 0 aliphatic carbocycles. The van der Waals surface area contributed by atoms with Crippen molar-refractivity contribution in [1.82, 2.24) is 5.32 Å². The first-order valence-corrected chi connectivity index (χ1v) is 5.97. The second-order valence-corrected chi connectivity index (χ2v) is 4.27. The Morgan fingerprint density at radius 3 is 2.94 bits per heavy atom. The van der Waals surface area contributed by atoms with E-state index in [1.54, 1.807) is 6.07 Å². The van der Waals surface area contributed by atoms with Gasteiger partial charge in [0.1, 0.15) is 0 Å². The molecule has 0 spiro atoms. The number of benzene rings is 1. The van der Waals surface area contributed by atoms with Crippen molar-refractivity contribution in [3.8, 4) is 5.75 Å². The topological polar surface area (TPSA) is 64.3 Å². The van der Waals surface area contributed by atoms with E-state index in [0.29, 0.717) is 24.0 Å². The Kier molecular flexibility index (Phi) is 5.93. The molecule has 1 aromatic carbocycles. The number of rotatable bonds is 6. The van der Waals surface area contributed by atoms with Gasteiger partial charge in [-0.25, -0.2) is 4.39 Å². The SMILES string of the molecule is NCCCNC(=O)COc1ccc(Br)cc1F. The molecule has 1 amide bonds. The summed E-state index contributed by atoms with van der Waals surface area (Å²) in [5.41, 5.74) is 5.28. The average molecular weight is 305 g/mol. The average Bonchev–Trinajstić information content (AvgIpc) is 2.28. The summed E-state index contributed by atoms with van der Waals surface area (Å²) in [5.74, 6) is -0.739. The van der Waals surface area contributed by atoms with Gasteiger partial charge in [-0.2, -0.15) is 0 Å². The summed E-state index contributed by atoms with van der Waals surface area (Å²) in [6.07, 6.45) is 0.707. The number of amides is 1. The van der Waals surface area contributed by atoms with Gasteiger partial charge in [0.15, 0.2) is 18.2 Å². The molecular formula is C11H14BrFN2O2. The molecule has 0 saturated heterocycles. The maximum atomic E-state index is 13.3. The zero-order valence-electron chi connectivity index (χ0n) is 9.21. The minimum atomic E-state index is -0.505. The van der Waals surface area contributed by atoms with Crippen LogP contribution in [0.3, 0.4) is 0 Å². The number of nitrogens with one attached hydrogen (secondary N) is 1. The van der Waals surface area contributed by atoms with Crippen molar-refractivity contribution in [3.05, 3.63) is 28.5 Å². The lowest BCUT2D eigenvalue weighted by atomic mass is 10.3. The van der Waals surface area contributed by atoms with Crippen LogP contribution in [0.1, 0.15) is 6.42 Å². The molecule has 17 heavy (non-hydrogen) atoms. The lowest BCUT2D eigenvalue weighted by Gasteiger charge is -2.07. The third kappa shape index (κ3) is 5.14. The van der Waals surface area contributed by atoms with Crippen molar-refractivity contribution < 1.29 is 13.9 Å². The molecule has 0 bridgehead atoms. The third-order valence-electron chi connectivity index (χ3n) is 1.96. The van der Waals surface area contributed by atoms with Crippen LogP contribution in [0.4, 0.5) is 4.39 Å². The summed E-state index contributed by atoms with van der Waals surface area (Å²) in [7, 11) is 0. The van der Waals surface area contributed by atoms with Crippen LogP contribution in [0.2, 0.25) is 0 Å². The Labute approximate surface area is 107 Å². The van der Waals surface area contributed by atoms with Gasteiger partial charge in [0.2, 0.25) is 0 Å². The Morgan fingerprint density at radius 1 is 1.53 bits per heavy atom. The molecular weight excluding hydrogens is 291 g/mol. The van der Waals surface area contributed by atoms with Gasteiger partial charge in [-0.1, -0.05) is 15.9 Å². The van der Waals surface area contributed by atoms with Gasteiger partial charge in [-0.15, -0.1) is 0 Å². The molecule has 0 aromatic heterocycles. The Balaban J connectivity index is 2.37. The minimum absolute atomic E-state index is 0.0576. The largest absolute Gasteiger partial charge is 0.481 e. The Morgan fingerprint density at radius 2 is 2.29 bits per heavy atom. The highest BCUT2D eigenvalue weighted by molar-refractivity contribution is 9.10. The summed E-state index contributed by atoms with van der Waals surface area (Å²) >= 11 is 3.13. The summed E-state index contributed by atoms with van der Waals surface area (Å²) < 4.78 is 19.0. The molecule has 0 aliphatic rings. The smallest absolute Gasteiger partial charge is 0.257 e. The van der Waals surface area contributed by atoms with Crippen LogP contribution in [-0.2, 0) is 4.79 Å². The molecule has 0 radical (unpaired) electrons. The maximum Gasteiger partial charge on any atom is 0.257 e. The molecule has 4 nitrogen and oxygen atoms in total. The highest BCUT2D eigenvalue weighted by Gasteiger charge is 2.06. The maximum absolute atomic E-state index is 13.3. The zero-order valence-corrected chi connectivity index (χ0v) is 10.8. The molecule has 94 valence electrons. The van der Waals surface area contributed by atoms with E-state index in [9.17, 15) is 9.18 Å². The van der Waals surface area contributed by atoms with Gasteiger partial charge in [0.25, 0.3) is 5.91 Å².